The van der Waals surface area contributed by atoms with Crippen LogP contribution >= 0.6 is 11.6 Å². The van der Waals surface area contributed by atoms with Gasteiger partial charge in [0, 0.05) is 25.0 Å². The van der Waals surface area contributed by atoms with Crippen LogP contribution in [0, 0.1) is 6.92 Å². The number of anilines is 1. The zero-order chi connectivity index (χ0) is 26.3. The summed E-state index contributed by atoms with van der Waals surface area (Å²) in [5.74, 6) is -0.843. The molecule has 36 heavy (non-hydrogen) atoms. The monoisotopic (exact) mass is 527 g/mol. The van der Waals surface area contributed by atoms with Crippen molar-refractivity contribution < 1.29 is 18.0 Å². The third kappa shape index (κ3) is 7.32. The van der Waals surface area contributed by atoms with Crippen LogP contribution in [-0.4, -0.2) is 51.0 Å². The third-order valence-corrected chi connectivity index (χ3v) is 7.15. The van der Waals surface area contributed by atoms with Gasteiger partial charge in [-0.15, -0.1) is 0 Å². The molecule has 0 spiro atoms. The largest absolute Gasteiger partial charge is 0.357 e. The molecule has 0 aliphatic rings. The molecular weight excluding hydrogens is 498 g/mol. The summed E-state index contributed by atoms with van der Waals surface area (Å²) in [5.41, 5.74) is 2.88. The van der Waals surface area contributed by atoms with E-state index >= 15 is 0 Å². The van der Waals surface area contributed by atoms with Crippen LogP contribution in [0.15, 0.2) is 78.9 Å². The van der Waals surface area contributed by atoms with Gasteiger partial charge in [0.15, 0.2) is 0 Å². The summed E-state index contributed by atoms with van der Waals surface area (Å²) < 4.78 is 26.5. The van der Waals surface area contributed by atoms with Gasteiger partial charge in [0.25, 0.3) is 0 Å². The lowest BCUT2D eigenvalue weighted by molar-refractivity contribution is -0.139. The van der Waals surface area contributed by atoms with E-state index in [9.17, 15) is 18.0 Å². The molecule has 0 saturated carbocycles. The van der Waals surface area contributed by atoms with E-state index in [1.807, 2.05) is 43.3 Å². The summed E-state index contributed by atoms with van der Waals surface area (Å²) in [4.78, 5) is 28.3. The highest BCUT2D eigenvalue weighted by atomic mass is 35.5. The number of nitrogens with one attached hydrogen (secondary N) is 1. The maximum absolute atomic E-state index is 13.8. The Hall–Kier alpha value is -3.36. The zero-order valence-electron chi connectivity index (χ0n) is 20.5. The Morgan fingerprint density at radius 1 is 0.944 bits per heavy atom. The van der Waals surface area contributed by atoms with Crippen LogP contribution < -0.4 is 9.62 Å². The lowest BCUT2D eigenvalue weighted by Crippen LogP contribution is -2.52. The number of nitrogens with zero attached hydrogens (tertiary/aromatic N) is 2. The van der Waals surface area contributed by atoms with E-state index in [0.29, 0.717) is 10.7 Å². The molecule has 190 valence electrons. The van der Waals surface area contributed by atoms with Gasteiger partial charge in [-0.2, -0.15) is 0 Å². The van der Waals surface area contributed by atoms with Gasteiger partial charge < -0.3 is 10.2 Å². The molecular formula is C27H30ClN3O4S. The summed E-state index contributed by atoms with van der Waals surface area (Å²) >= 11 is 6.04. The molecule has 0 radical (unpaired) electrons. The maximum Gasteiger partial charge on any atom is 0.244 e. The third-order valence-electron chi connectivity index (χ3n) is 5.75. The Bertz CT molecular complexity index is 1300. The van der Waals surface area contributed by atoms with E-state index in [-0.39, 0.29) is 18.9 Å². The smallest absolute Gasteiger partial charge is 0.244 e. The van der Waals surface area contributed by atoms with Gasteiger partial charge in [-0.3, -0.25) is 13.9 Å². The molecule has 0 heterocycles. The Labute approximate surface area is 217 Å². The first kappa shape index (κ1) is 27.2. The van der Waals surface area contributed by atoms with Gasteiger partial charge in [-0.25, -0.2) is 8.42 Å². The molecule has 0 saturated heterocycles. The Balaban J connectivity index is 2.01. The van der Waals surface area contributed by atoms with Crippen LogP contribution in [0.4, 0.5) is 5.69 Å². The molecule has 3 rings (SSSR count). The second kappa shape index (κ2) is 12.1. The highest BCUT2D eigenvalue weighted by Gasteiger charge is 2.32. The van der Waals surface area contributed by atoms with Crippen molar-refractivity contribution in [3.8, 4) is 0 Å². The Morgan fingerprint density at radius 2 is 1.61 bits per heavy atom. The van der Waals surface area contributed by atoms with E-state index in [0.717, 1.165) is 27.3 Å². The number of carbonyl (C=O) groups excluding carboxylic acids is 2. The van der Waals surface area contributed by atoms with Crippen molar-refractivity contribution >= 4 is 39.1 Å². The van der Waals surface area contributed by atoms with Crippen LogP contribution in [0.1, 0.15) is 16.7 Å². The molecule has 0 aliphatic carbocycles. The van der Waals surface area contributed by atoms with E-state index in [1.54, 1.807) is 42.5 Å². The van der Waals surface area contributed by atoms with Crippen LogP contribution in [0.25, 0.3) is 0 Å². The van der Waals surface area contributed by atoms with Crippen molar-refractivity contribution in [2.75, 3.05) is 24.2 Å². The quantitative estimate of drug-likeness (QED) is 0.434. The predicted molar refractivity (Wildman–Crippen MR) is 143 cm³/mol. The predicted octanol–water partition coefficient (Wildman–Crippen LogP) is 3.80. The minimum Gasteiger partial charge on any atom is -0.357 e. The number of carbonyl (C=O) groups is 2. The number of hydrogen-bond donors (Lipinski definition) is 1. The van der Waals surface area contributed by atoms with Crippen molar-refractivity contribution in [1.29, 1.82) is 0 Å². The molecule has 1 atom stereocenters. The zero-order valence-corrected chi connectivity index (χ0v) is 22.1. The van der Waals surface area contributed by atoms with Crippen LogP contribution in [0.5, 0.6) is 0 Å². The summed E-state index contributed by atoms with van der Waals surface area (Å²) in [7, 11) is -2.27. The van der Waals surface area contributed by atoms with E-state index in [4.69, 9.17) is 11.6 Å². The molecule has 3 aromatic carbocycles. The number of rotatable bonds is 10. The van der Waals surface area contributed by atoms with Crippen molar-refractivity contribution in [2.24, 2.45) is 0 Å². The van der Waals surface area contributed by atoms with E-state index in [1.165, 1.54) is 11.9 Å². The summed E-state index contributed by atoms with van der Waals surface area (Å²) in [6.07, 6.45) is 1.33. The maximum atomic E-state index is 13.8. The fourth-order valence-corrected chi connectivity index (χ4v) is 4.87. The first-order valence-corrected chi connectivity index (χ1v) is 13.6. The molecule has 0 aromatic heterocycles. The molecule has 0 bridgehead atoms. The molecule has 1 N–H and O–H groups in total. The van der Waals surface area contributed by atoms with Gasteiger partial charge in [-0.1, -0.05) is 66.2 Å². The SMILES string of the molecule is CNC(=O)[C@@H](Cc1ccccc1)N(Cc1ccc(Cl)cc1)C(=O)CN(c1cccc(C)c1)S(C)(=O)=O. The van der Waals surface area contributed by atoms with Crippen molar-refractivity contribution in [2.45, 2.75) is 25.9 Å². The number of halogens is 1. The summed E-state index contributed by atoms with van der Waals surface area (Å²) in [6, 6.07) is 22.4. The normalized spacial score (nSPS) is 12.0. The van der Waals surface area contributed by atoms with Gasteiger partial charge in [0.05, 0.1) is 11.9 Å². The van der Waals surface area contributed by atoms with Crippen molar-refractivity contribution in [3.05, 3.63) is 101 Å². The van der Waals surface area contributed by atoms with Crippen LogP contribution in [-0.2, 0) is 32.6 Å². The second-order valence-electron chi connectivity index (χ2n) is 8.58. The molecule has 0 fully saturated rings. The fourth-order valence-electron chi connectivity index (χ4n) is 3.90. The number of aryl methyl sites for hydroxylation is 1. The van der Waals surface area contributed by atoms with E-state index in [2.05, 4.69) is 5.32 Å². The molecule has 7 nitrogen and oxygen atoms in total. The lowest BCUT2D eigenvalue weighted by Gasteiger charge is -2.33. The molecule has 0 unspecified atom stereocenters. The molecule has 2 amide bonds. The number of sulfonamides is 1. The second-order valence-corrected chi connectivity index (χ2v) is 10.9. The summed E-state index contributed by atoms with van der Waals surface area (Å²) in [6.45, 7) is 1.50. The Morgan fingerprint density at radius 3 is 2.19 bits per heavy atom. The standard InChI is InChI=1S/C27H30ClN3O4S/c1-20-8-7-11-24(16-20)31(36(3,34)35)19-26(32)30(18-22-12-14-23(28)15-13-22)25(27(33)29-2)17-21-9-5-4-6-10-21/h4-16,25H,17-19H2,1-3H3,(H,29,33)/t25-/m1/s1. The Kier molecular flexibility index (Phi) is 9.12. The highest BCUT2D eigenvalue weighted by Crippen LogP contribution is 2.21. The lowest BCUT2D eigenvalue weighted by atomic mass is 10.0. The number of hydrogen-bond acceptors (Lipinski definition) is 4. The first-order chi connectivity index (χ1) is 17.1. The molecule has 0 aliphatic heterocycles. The van der Waals surface area contributed by atoms with Crippen molar-refractivity contribution in [3.63, 3.8) is 0 Å². The van der Waals surface area contributed by atoms with Gasteiger partial charge in [0.1, 0.15) is 12.6 Å². The average Bonchev–Trinajstić information content (AvgIpc) is 2.85. The first-order valence-electron chi connectivity index (χ1n) is 11.4. The molecule has 3 aromatic rings. The van der Waals surface area contributed by atoms with E-state index < -0.39 is 28.5 Å². The van der Waals surface area contributed by atoms with Gasteiger partial charge in [-0.05, 0) is 47.9 Å². The van der Waals surface area contributed by atoms with Crippen LogP contribution in [0.2, 0.25) is 5.02 Å². The van der Waals surface area contributed by atoms with Crippen LogP contribution in [0.3, 0.4) is 0 Å². The summed E-state index contributed by atoms with van der Waals surface area (Å²) in [5, 5.41) is 3.20. The minimum absolute atomic E-state index is 0.104. The molecule has 9 heteroatoms. The van der Waals surface area contributed by atoms with Crippen molar-refractivity contribution in [1.82, 2.24) is 10.2 Å². The van der Waals surface area contributed by atoms with Gasteiger partial charge >= 0.3 is 0 Å². The topological polar surface area (TPSA) is 86.8 Å². The van der Waals surface area contributed by atoms with Gasteiger partial charge in [0.2, 0.25) is 21.8 Å². The average molecular weight is 528 g/mol. The number of benzene rings is 3. The highest BCUT2D eigenvalue weighted by molar-refractivity contribution is 7.92. The fraction of sp³-hybridized carbons (Fsp3) is 0.259. The minimum atomic E-state index is -3.78. The number of amides is 2. The number of likely N-dealkylation sites (N-methyl/N-ethyl adjacent to an activating group) is 1.